The van der Waals surface area contributed by atoms with Crippen LogP contribution in [0.3, 0.4) is 0 Å². The van der Waals surface area contributed by atoms with E-state index in [4.69, 9.17) is 0 Å². The SMILES string of the molecule is CC(=O)c1cccc(Cc2nnc(Cc3ccncc3)c3ccccc23)c1. The molecule has 0 fully saturated rings. The molecule has 0 saturated heterocycles. The van der Waals surface area contributed by atoms with Gasteiger partial charge in [-0.15, -0.1) is 0 Å². The average Bonchev–Trinajstić information content (AvgIpc) is 2.71. The monoisotopic (exact) mass is 353 g/mol. The predicted octanol–water partition coefficient (Wildman–Crippen LogP) is 4.41. The van der Waals surface area contributed by atoms with Gasteiger partial charge in [-0.3, -0.25) is 9.78 Å². The van der Waals surface area contributed by atoms with Crippen molar-refractivity contribution in [2.45, 2.75) is 19.8 Å². The number of fused-ring (bicyclic) bond motifs is 1. The highest BCUT2D eigenvalue weighted by Gasteiger charge is 2.11. The van der Waals surface area contributed by atoms with E-state index in [2.05, 4.69) is 27.3 Å². The van der Waals surface area contributed by atoms with Crippen LogP contribution >= 0.6 is 0 Å². The molecule has 0 atom stereocenters. The molecule has 0 unspecified atom stereocenters. The van der Waals surface area contributed by atoms with E-state index in [1.165, 1.54) is 0 Å². The Labute approximate surface area is 157 Å². The van der Waals surface area contributed by atoms with E-state index in [1.54, 1.807) is 19.3 Å². The Balaban J connectivity index is 1.72. The molecule has 0 bridgehead atoms. The third-order valence-electron chi connectivity index (χ3n) is 4.67. The summed E-state index contributed by atoms with van der Waals surface area (Å²) in [5.74, 6) is 0.0699. The van der Waals surface area contributed by atoms with Gasteiger partial charge in [0.2, 0.25) is 0 Å². The fraction of sp³-hybridized carbons (Fsp3) is 0.130. The van der Waals surface area contributed by atoms with Crippen molar-refractivity contribution in [3.63, 3.8) is 0 Å². The summed E-state index contributed by atoms with van der Waals surface area (Å²) in [5.41, 5.74) is 4.82. The Morgan fingerprint density at radius 1 is 0.778 bits per heavy atom. The molecule has 0 aliphatic rings. The van der Waals surface area contributed by atoms with Gasteiger partial charge in [-0.2, -0.15) is 10.2 Å². The first-order valence-corrected chi connectivity index (χ1v) is 8.92. The number of hydrogen-bond acceptors (Lipinski definition) is 4. The summed E-state index contributed by atoms with van der Waals surface area (Å²) < 4.78 is 0. The van der Waals surface area contributed by atoms with Crippen molar-refractivity contribution in [3.8, 4) is 0 Å². The molecule has 2 heterocycles. The van der Waals surface area contributed by atoms with E-state index < -0.39 is 0 Å². The molecular weight excluding hydrogens is 334 g/mol. The van der Waals surface area contributed by atoms with E-state index in [9.17, 15) is 4.79 Å². The summed E-state index contributed by atoms with van der Waals surface area (Å²) >= 11 is 0. The molecule has 0 aliphatic heterocycles. The zero-order valence-electron chi connectivity index (χ0n) is 15.1. The van der Waals surface area contributed by atoms with Crippen LogP contribution in [0.15, 0.2) is 73.1 Å². The Bertz CT molecular complexity index is 1110. The molecule has 0 radical (unpaired) electrons. The maximum absolute atomic E-state index is 11.6. The summed E-state index contributed by atoms with van der Waals surface area (Å²) in [7, 11) is 0. The number of nitrogens with zero attached hydrogens (tertiary/aromatic N) is 3. The van der Waals surface area contributed by atoms with Crippen LogP contribution < -0.4 is 0 Å². The van der Waals surface area contributed by atoms with Gasteiger partial charge in [0, 0.05) is 41.6 Å². The predicted molar refractivity (Wildman–Crippen MR) is 106 cm³/mol. The zero-order chi connectivity index (χ0) is 18.6. The first kappa shape index (κ1) is 17.0. The maximum atomic E-state index is 11.6. The fourth-order valence-corrected chi connectivity index (χ4v) is 3.26. The van der Waals surface area contributed by atoms with Gasteiger partial charge in [0.25, 0.3) is 0 Å². The Kier molecular flexibility index (Phi) is 4.71. The van der Waals surface area contributed by atoms with Crippen LogP contribution in [0.5, 0.6) is 0 Å². The molecule has 4 aromatic rings. The lowest BCUT2D eigenvalue weighted by Gasteiger charge is -2.10. The molecule has 4 heteroatoms. The van der Waals surface area contributed by atoms with Crippen LogP contribution in [-0.2, 0) is 12.8 Å². The summed E-state index contributed by atoms with van der Waals surface area (Å²) in [6.07, 6.45) is 4.95. The standard InChI is InChI=1S/C23H19N3O/c1-16(27)19-6-4-5-18(13-19)15-23-21-8-3-2-7-20(21)22(25-26-23)14-17-9-11-24-12-10-17/h2-13H,14-15H2,1H3. The van der Waals surface area contributed by atoms with Gasteiger partial charge in [-0.05, 0) is 36.2 Å². The summed E-state index contributed by atoms with van der Waals surface area (Å²) in [6, 6.07) is 19.9. The van der Waals surface area contributed by atoms with Crippen molar-refractivity contribution in [3.05, 3.63) is 101 Å². The molecule has 4 rings (SSSR count). The molecule has 132 valence electrons. The number of carbonyl (C=O) groups excluding carboxylic acids is 1. The second kappa shape index (κ2) is 7.46. The zero-order valence-corrected chi connectivity index (χ0v) is 15.1. The van der Waals surface area contributed by atoms with Crippen LogP contribution in [0.1, 0.15) is 39.8 Å². The second-order valence-electron chi connectivity index (χ2n) is 6.60. The third-order valence-corrected chi connectivity index (χ3v) is 4.67. The number of hydrogen-bond donors (Lipinski definition) is 0. The van der Waals surface area contributed by atoms with Gasteiger partial charge >= 0.3 is 0 Å². The molecule has 0 amide bonds. The van der Waals surface area contributed by atoms with E-state index in [0.29, 0.717) is 6.42 Å². The van der Waals surface area contributed by atoms with Crippen LogP contribution in [0.2, 0.25) is 0 Å². The molecule has 0 spiro atoms. The molecule has 27 heavy (non-hydrogen) atoms. The fourth-order valence-electron chi connectivity index (χ4n) is 3.26. The first-order valence-electron chi connectivity index (χ1n) is 8.92. The van der Waals surface area contributed by atoms with Crippen molar-refractivity contribution in [1.82, 2.24) is 15.2 Å². The lowest BCUT2D eigenvalue weighted by Crippen LogP contribution is -2.03. The Hall–Kier alpha value is -3.40. The van der Waals surface area contributed by atoms with Crippen LogP contribution in [-0.4, -0.2) is 21.0 Å². The van der Waals surface area contributed by atoms with E-state index in [1.807, 2.05) is 48.5 Å². The van der Waals surface area contributed by atoms with Crippen molar-refractivity contribution in [2.24, 2.45) is 0 Å². The number of pyridine rings is 1. The number of ketones is 1. The number of carbonyl (C=O) groups is 1. The average molecular weight is 353 g/mol. The summed E-state index contributed by atoms with van der Waals surface area (Å²) in [5, 5.41) is 11.3. The van der Waals surface area contributed by atoms with Gasteiger partial charge in [0.15, 0.2) is 5.78 Å². The molecular formula is C23H19N3O. The molecule has 0 saturated carbocycles. The van der Waals surface area contributed by atoms with Crippen molar-refractivity contribution < 1.29 is 4.79 Å². The van der Waals surface area contributed by atoms with Gasteiger partial charge in [0.05, 0.1) is 11.4 Å². The van der Waals surface area contributed by atoms with Gasteiger partial charge in [-0.1, -0.05) is 42.5 Å². The molecule has 0 N–H and O–H groups in total. The van der Waals surface area contributed by atoms with Crippen molar-refractivity contribution >= 4 is 16.6 Å². The van der Waals surface area contributed by atoms with Crippen LogP contribution in [0.4, 0.5) is 0 Å². The molecule has 0 aliphatic carbocycles. The highest BCUT2D eigenvalue weighted by molar-refractivity contribution is 5.94. The van der Waals surface area contributed by atoms with Gasteiger partial charge in [-0.25, -0.2) is 0 Å². The highest BCUT2D eigenvalue weighted by Crippen LogP contribution is 2.23. The summed E-state index contributed by atoms with van der Waals surface area (Å²) in [4.78, 5) is 15.7. The number of benzene rings is 2. The summed E-state index contributed by atoms with van der Waals surface area (Å²) in [6.45, 7) is 1.59. The number of aromatic nitrogens is 3. The normalized spacial score (nSPS) is 10.9. The second-order valence-corrected chi connectivity index (χ2v) is 6.60. The Morgan fingerprint density at radius 2 is 1.41 bits per heavy atom. The smallest absolute Gasteiger partial charge is 0.159 e. The lowest BCUT2D eigenvalue weighted by molar-refractivity contribution is 0.101. The first-order chi connectivity index (χ1) is 13.2. The highest BCUT2D eigenvalue weighted by atomic mass is 16.1. The van der Waals surface area contributed by atoms with Crippen LogP contribution in [0, 0.1) is 0 Å². The van der Waals surface area contributed by atoms with E-state index in [0.717, 1.165) is 45.3 Å². The van der Waals surface area contributed by atoms with Crippen molar-refractivity contribution in [2.75, 3.05) is 0 Å². The quantitative estimate of drug-likeness (QED) is 0.499. The number of rotatable bonds is 5. The third kappa shape index (κ3) is 3.75. The minimum Gasteiger partial charge on any atom is -0.295 e. The van der Waals surface area contributed by atoms with E-state index >= 15 is 0 Å². The Morgan fingerprint density at radius 3 is 2.04 bits per heavy atom. The largest absolute Gasteiger partial charge is 0.295 e. The molecule has 2 aromatic heterocycles. The molecule has 4 nitrogen and oxygen atoms in total. The van der Waals surface area contributed by atoms with Gasteiger partial charge < -0.3 is 0 Å². The lowest BCUT2D eigenvalue weighted by atomic mass is 9.99. The van der Waals surface area contributed by atoms with Gasteiger partial charge in [0.1, 0.15) is 0 Å². The topological polar surface area (TPSA) is 55.7 Å². The molecule has 2 aromatic carbocycles. The van der Waals surface area contributed by atoms with E-state index in [-0.39, 0.29) is 5.78 Å². The minimum atomic E-state index is 0.0699. The maximum Gasteiger partial charge on any atom is 0.159 e. The minimum absolute atomic E-state index is 0.0699. The van der Waals surface area contributed by atoms with Crippen molar-refractivity contribution in [1.29, 1.82) is 0 Å². The van der Waals surface area contributed by atoms with Crippen LogP contribution in [0.25, 0.3) is 10.8 Å². The number of Topliss-reactive ketones (excluding diaryl/α,β-unsaturated/α-hetero) is 1.